The number of primary amides is 1. The minimum atomic E-state index is -0.393. The molecule has 0 spiro atoms. The number of nitrogens with zero attached hydrogens (tertiary/aromatic N) is 3. The van der Waals surface area contributed by atoms with Crippen molar-refractivity contribution in [3.63, 3.8) is 0 Å². The number of benzene rings is 2. The second-order valence-corrected chi connectivity index (χ2v) is 8.57. The molecule has 0 fully saturated rings. The number of carbonyl (C=O) groups is 1. The molecule has 1 amide bonds. The number of fused-ring (bicyclic) bond motifs is 3. The van der Waals surface area contributed by atoms with Gasteiger partial charge in [-0.2, -0.15) is 0 Å². The van der Waals surface area contributed by atoms with Crippen molar-refractivity contribution in [2.45, 2.75) is 46.6 Å². The zero-order valence-corrected chi connectivity index (χ0v) is 18.7. The predicted octanol–water partition coefficient (Wildman–Crippen LogP) is 4.60. The zero-order chi connectivity index (χ0) is 22.4. The van der Waals surface area contributed by atoms with Gasteiger partial charge in [0, 0.05) is 29.1 Å². The number of aryl methyl sites for hydroxylation is 5. The summed E-state index contributed by atoms with van der Waals surface area (Å²) in [6.45, 7) is 7.01. The molecule has 0 unspecified atom stereocenters. The van der Waals surface area contributed by atoms with E-state index >= 15 is 0 Å². The monoisotopic (exact) mass is 425 g/mol. The fourth-order valence-electron chi connectivity index (χ4n) is 4.63. The Morgan fingerprint density at radius 1 is 1.03 bits per heavy atom. The summed E-state index contributed by atoms with van der Waals surface area (Å²) in [6, 6.07) is 14.3. The highest BCUT2D eigenvalue weighted by atomic mass is 16.1. The molecule has 2 aromatic heterocycles. The number of rotatable bonds is 4. The Balaban J connectivity index is 1.49. The second kappa shape index (κ2) is 7.79. The molecule has 0 aliphatic carbocycles. The van der Waals surface area contributed by atoms with Gasteiger partial charge in [0.05, 0.1) is 6.54 Å². The van der Waals surface area contributed by atoms with Gasteiger partial charge in [-0.1, -0.05) is 19.1 Å². The molecule has 0 saturated carbocycles. The van der Waals surface area contributed by atoms with E-state index in [1.165, 1.54) is 16.7 Å². The minimum absolute atomic E-state index is 0.393. The normalized spacial score (nSPS) is 12.7. The van der Waals surface area contributed by atoms with Gasteiger partial charge in [-0.25, -0.2) is 9.97 Å². The molecule has 162 valence electrons. The van der Waals surface area contributed by atoms with Crippen molar-refractivity contribution in [3.8, 4) is 0 Å². The molecule has 1 aliphatic rings. The van der Waals surface area contributed by atoms with Crippen LogP contribution in [-0.4, -0.2) is 20.4 Å². The van der Waals surface area contributed by atoms with Crippen LogP contribution in [0.25, 0.3) is 11.2 Å². The first-order valence-electron chi connectivity index (χ1n) is 11.1. The van der Waals surface area contributed by atoms with E-state index in [0.717, 1.165) is 65.4 Å². The fraction of sp³-hybridized carbons (Fsp3) is 0.269. The number of hydrogen-bond donors (Lipinski definition) is 2. The summed E-state index contributed by atoms with van der Waals surface area (Å²) in [5, 5.41) is 3.54. The van der Waals surface area contributed by atoms with Crippen molar-refractivity contribution in [1.29, 1.82) is 0 Å². The average molecular weight is 426 g/mol. The van der Waals surface area contributed by atoms with Crippen molar-refractivity contribution < 1.29 is 4.79 Å². The van der Waals surface area contributed by atoms with Gasteiger partial charge in [0.25, 0.3) is 0 Å². The molecule has 32 heavy (non-hydrogen) atoms. The van der Waals surface area contributed by atoms with E-state index in [4.69, 9.17) is 15.7 Å². The van der Waals surface area contributed by atoms with Crippen molar-refractivity contribution in [1.82, 2.24) is 14.5 Å². The van der Waals surface area contributed by atoms with E-state index in [1.807, 2.05) is 19.1 Å². The van der Waals surface area contributed by atoms with E-state index in [-0.39, 0.29) is 0 Å². The van der Waals surface area contributed by atoms with Crippen molar-refractivity contribution >= 4 is 28.4 Å². The smallest absolute Gasteiger partial charge is 0.248 e. The number of nitrogens with one attached hydrogen (secondary N) is 1. The molecule has 3 heterocycles. The number of amides is 1. The Bertz CT molecular complexity index is 1370. The van der Waals surface area contributed by atoms with E-state index in [0.29, 0.717) is 5.56 Å². The summed E-state index contributed by atoms with van der Waals surface area (Å²) < 4.78 is 2.25. The molecule has 6 nitrogen and oxygen atoms in total. The molecule has 2 aromatic carbocycles. The Hall–Kier alpha value is -3.67. The molecule has 1 aliphatic heterocycles. The van der Waals surface area contributed by atoms with Crippen LogP contribution in [-0.2, 0) is 25.8 Å². The van der Waals surface area contributed by atoms with Crippen molar-refractivity contribution in [2.75, 3.05) is 5.32 Å². The highest BCUT2D eigenvalue weighted by Gasteiger charge is 2.17. The molecule has 0 radical (unpaired) electrons. The Labute approximate surface area is 187 Å². The van der Waals surface area contributed by atoms with Crippen molar-refractivity contribution in [3.05, 3.63) is 81.8 Å². The lowest BCUT2D eigenvalue weighted by atomic mass is 10.0. The zero-order valence-electron chi connectivity index (χ0n) is 18.7. The first-order chi connectivity index (χ1) is 15.4. The summed E-state index contributed by atoms with van der Waals surface area (Å²) in [5.74, 6) is 0.663. The van der Waals surface area contributed by atoms with E-state index in [2.05, 4.69) is 48.0 Å². The van der Waals surface area contributed by atoms with Crippen LogP contribution in [0.4, 0.5) is 11.4 Å². The van der Waals surface area contributed by atoms with Gasteiger partial charge >= 0.3 is 0 Å². The molecular weight excluding hydrogens is 398 g/mol. The lowest BCUT2D eigenvalue weighted by Crippen LogP contribution is -2.11. The summed E-state index contributed by atoms with van der Waals surface area (Å²) in [6.07, 6.45) is 2.61. The van der Waals surface area contributed by atoms with Gasteiger partial charge < -0.3 is 15.6 Å². The predicted molar refractivity (Wildman–Crippen MR) is 128 cm³/mol. The molecule has 0 atom stereocenters. The topological polar surface area (TPSA) is 85.8 Å². The Morgan fingerprint density at radius 2 is 1.75 bits per heavy atom. The first-order valence-corrected chi connectivity index (χ1v) is 11.1. The van der Waals surface area contributed by atoms with Crippen LogP contribution in [0.3, 0.4) is 0 Å². The number of carbonyl (C=O) groups excluding carboxylic acids is 1. The number of hydrogen-bond acceptors (Lipinski definition) is 4. The lowest BCUT2D eigenvalue weighted by Gasteiger charge is -2.13. The molecule has 5 rings (SSSR count). The number of anilines is 2. The highest BCUT2D eigenvalue weighted by Crippen LogP contribution is 2.32. The first kappa shape index (κ1) is 20.2. The molecule has 0 bridgehead atoms. The van der Waals surface area contributed by atoms with Gasteiger partial charge in [-0.05, 0) is 79.3 Å². The SMILES string of the molecule is CCc1nc2c(C)cc(C)nc2n1Cc1ccc2c(c1)CCc1cc(C(N)=O)ccc1N2. The van der Waals surface area contributed by atoms with Gasteiger partial charge in [-0.3, -0.25) is 4.79 Å². The van der Waals surface area contributed by atoms with Gasteiger partial charge in [-0.15, -0.1) is 0 Å². The molecule has 4 aromatic rings. The van der Waals surface area contributed by atoms with Crippen molar-refractivity contribution in [2.24, 2.45) is 5.73 Å². The van der Waals surface area contributed by atoms with Gasteiger partial charge in [0.1, 0.15) is 11.3 Å². The number of pyridine rings is 1. The quantitative estimate of drug-likeness (QED) is 0.500. The Morgan fingerprint density at radius 3 is 2.47 bits per heavy atom. The highest BCUT2D eigenvalue weighted by molar-refractivity contribution is 5.93. The summed E-state index contributed by atoms with van der Waals surface area (Å²) >= 11 is 0. The molecule has 0 saturated heterocycles. The van der Waals surface area contributed by atoms with Crippen LogP contribution in [0.1, 0.15) is 51.1 Å². The number of imidazole rings is 1. The maximum atomic E-state index is 11.6. The van der Waals surface area contributed by atoms with E-state index in [1.54, 1.807) is 6.07 Å². The van der Waals surface area contributed by atoms with E-state index in [9.17, 15) is 4.79 Å². The second-order valence-electron chi connectivity index (χ2n) is 8.57. The fourth-order valence-corrected chi connectivity index (χ4v) is 4.63. The molecular formula is C26H27N5O. The number of nitrogens with two attached hydrogens (primary N) is 1. The average Bonchev–Trinajstić information content (AvgIpc) is 3.00. The van der Waals surface area contributed by atoms with Gasteiger partial charge in [0.15, 0.2) is 5.65 Å². The third-order valence-corrected chi connectivity index (χ3v) is 6.25. The summed E-state index contributed by atoms with van der Waals surface area (Å²) in [7, 11) is 0. The minimum Gasteiger partial charge on any atom is -0.366 e. The van der Waals surface area contributed by atoms with Gasteiger partial charge in [0.2, 0.25) is 5.91 Å². The van der Waals surface area contributed by atoms with Crippen LogP contribution >= 0.6 is 0 Å². The van der Waals surface area contributed by atoms with Crippen LogP contribution < -0.4 is 11.1 Å². The van der Waals surface area contributed by atoms with Crippen LogP contribution in [0.15, 0.2) is 42.5 Å². The Kier molecular flexibility index (Phi) is 4.93. The maximum Gasteiger partial charge on any atom is 0.248 e. The van der Waals surface area contributed by atoms with E-state index < -0.39 is 5.91 Å². The molecule has 3 N–H and O–H groups in total. The largest absolute Gasteiger partial charge is 0.366 e. The van der Waals surface area contributed by atoms with Crippen LogP contribution in [0.2, 0.25) is 0 Å². The van der Waals surface area contributed by atoms with Crippen LogP contribution in [0.5, 0.6) is 0 Å². The van der Waals surface area contributed by atoms with Crippen LogP contribution in [0, 0.1) is 13.8 Å². The lowest BCUT2D eigenvalue weighted by molar-refractivity contribution is 0.1000. The maximum absolute atomic E-state index is 11.6. The summed E-state index contributed by atoms with van der Waals surface area (Å²) in [5.41, 5.74) is 15.9. The third kappa shape index (κ3) is 3.51. The molecule has 6 heteroatoms. The summed E-state index contributed by atoms with van der Waals surface area (Å²) in [4.78, 5) is 21.2. The standard InChI is InChI=1S/C26H27N5O/c1-4-23-30-24-15(2)11-16(3)28-26(24)31(23)14-17-5-9-21-18(12-17)6-7-19-13-20(25(27)32)8-10-22(19)29-21/h5,8-13,29H,4,6-7,14H2,1-3H3,(H2,27,32). The number of aromatic nitrogens is 3. The third-order valence-electron chi connectivity index (χ3n) is 6.25.